The smallest absolute Gasteiger partial charge is 0.238 e. The molecule has 0 bridgehead atoms. The molecule has 1 aliphatic heterocycles. The minimum Gasteiger partial charge on any atom is -0.379 e. The first-order chi connectivity index (χ1) is 11.2. The molecule has 2 aliphatic rings. The molecule has 7 heteroatoms. The van der Waals surface area contributed by atoms with Crippen molar-refractivity contribution in [3.63, 3.8) is 0 Å². The van der Waals surface area contributed by atoms with E-state index in [1.54, 1.807) is 12.1 Å². The van der Waals surface area contributed by atoms with Gasteiger partial charge in [0.15, 0.2) is 0 Å². The molecule has 2 fully saturated rings. The molecule has 3 rings (SSSR count). The standard InChI is InChI=1S/C17H24ClN3O2.ClH/c18-12-4-6-13(7-5-12)21-17(22)10-20-15-3-1-2-14(15)16-11-23-9-8-19-16;/h4-7,14-16,19-20H,1-3,8-11H2,(H,21,22);1H. The maximum absolute atomic E-state index is 12.1. The topological polar surface area (TPSA) is 62.4 Å². The summed E-state index contributed by atoms with van der Waals surface area (Å²) in [6, 6.07) is 7.94. The molecule has 3 N–H and O–H groups in total. The van der Waals surface area contributed by atoms with Gasteiger partial charge in [0.2, 0.25) is 5.91 Å². The Morgan fingerprint density at radius 1 is 1.29 bits per heavy atom. The fraction of sp³-hybridized carbons (Fsp3) is 0.588. The molecule has 1 saturated carbocycles. The van der Waals surface area contributed by atoms with Gasteiger partial charge in [-0.25, -0.2) is 0 Å². The highest BCUT2D eigenvalue weighted by molar-refractivity contribution is 6.30. The Morgan fingerprint density at radius 2 is 2.08 bits per heavy atom. The summed E-state index contributed by atoms with van der Waals surface area (Å²) in [5.41, 5.74) is 0.770. The number of anilines is 1. The van der Waals surface area contributed by atoms with Gasteiger partial charge >= 0.3 is 0 Å². The third kappa shape index (κ3) is 5.33. The number of ether oxygens (including phenoxy) is 1. The lowest BCUT2D eigenvalue weighted by Gasteiger charge is -2.32. The molecule has 3 atom stereocenters. The summed E-state index contributed by atoms with van der Waals surface area (Å²) >= 11 is 5.84. The highest BCUT2D eigenvalue weighted by Crippen LogP contribution is 2.29. The zero-order chi connectivity index (χ0) is 16.1. The number of amides is 1. The number of nitrogens with one attached hydrogen (secondary N) is 3. The molecule has 3 unspecified atom stereocenters. The van der Waals surface area contributed by atoms with Gasteiger partial charge in [0.1, 0.15) is 0 Å². The predicted molar refractivity (Wildman–Crippen MR) is 99.1 cm³/mol. The van der Waals surface area contributed by atoms with E-state index < -0.39 is 0 Å². The Labute approximate surface area is 154 Å². The van der Waals surface area contributed by atoms with Crippen molar-refractivity contribution >= 4 is 35.6 Å². The average Bonchev–Trinajstić information content (AvgIpc) is 3.04. The first-order valence-electron chi connectivity index (χ1n) is 8.32. The van der Waals surface area contributed by atoms with Gasteiger partial charge < -0.3 is 20.7 Å². The zero-order valence-corrected chi connectivity index (χ0v) is 15.2. The van der Waals surface area contributed by atoms with Crippen molar-refractivity contribution in [3.05, 3.63) is 29.3 Å². The normalized spacial score (nSPS) is 26.6. The van der Waals surface area contributed by atoms with Crippen molar-refractivity contribution in [1.82, 2.24) is 10.6 Å². The van der Waals surface area contributed by atoms with Gasteiger partial charge in [-0.2, -0.15) is 0 Å². The number of rotatable bonds is 5. The summed E-state index contributed by atoms with van der Waals surface area (Å²) < 4.78 is 5.58. The molecule has 1 heterocycles. The van der Waals surface area contributed by atoms with Gasteiger partial charge in [0, 0.05) is 29.3 Å². The summed E-state index contributed by atoms with van der Waals surface area (Å²) in [6.45, 7) is 2.83. The average molecular weight is 374 g/mol. The number of carbonyl (C=O) groups is 1. The lowest BCUT2D eigenvalue weighted by Crippen LogP contribution is -2.51. The van der Waals surface area contributed by atoms with Crippen LogP contribution in [0.25, 0.3) is 0 Å². The van der Waals surface area contributed by atoms with Crippen LogP contribution in [0.2, 0.25) is 5.02 Å². The van der Waals surface area contributed by atoms with E-state index in [-0.39, 0.29) is 18.3 Å². The van der Waals surface area contributed by atoms with Gasteiger partial charge in [0.25, 0.3) is 0 Å². The molecular weight excluding hydrogens is 349 g/mol. The molecule has 1 saturated heterocycles. The van der Waals surface area contributed by atoms with Crippen LogP contribution in [0.5, 0.6) is 0 Å². The summed E-state index contributed by atoms with van der Waals surface area (Å²) in [6.07, 6.45) is 3.52. The second-order valence-electron chi connectivity index (χ2n) is 6.27. The van der Waals surface area contributed by atoms with Crippen LogP contribution in [0, 0.1) is 5.92 Å². The van der Waals surface area contributed by atoms with Gasteiger partial charge in [-0.3, -0.25) is 4.79 Å². The van der Waals surface area contributed by atoms with Gasteiger partial charge in [0.05, 0.1) is 19.8 Å². The maximum atomic E-state index is 12.1. The van der Waals surface area contributed by atoms with E-state index in [0.717, 1.165) is 31.9 Å². The molecule has 134 valence electrons. The summed E-state index contributed by atoms with van der Waals surface area (Å²) in [5, 5.41) is 10.5. The van der Waals surface area contributed by atoms with Crippen LogP contribution < -0.4 is 16.0 Å². The summed E-state index contributed by atoms with van der Waals surface area (Å²) in [4.78, 5) is 12.1. The number of carbonyl (C=O) groups excluding carboxylic acids is 1. The second kappa shape index (κ2) is 9.59. The largest absolute Gasteiger partial charge is 0.379 e. The number of hydrogen-bond acceptors (Lipinski definition) is 4. The fourth-order valence-corrected chi connectivity index (χ4v) is 3.67. The third-order valence-electron chi connectivity index (χ3n) is 4.69. The number of benzene rings is 1. The Hall–Kier alpha value is -0.850. The van der Waals surface area contributed by atoms with Crippen LogP contribution in [0.3, 0.4) is 0 Å². The fourth-order valence-electron chi connectivity index (χ4n) is 3.55. The Balaban J connectivity index is 0.00000208. The van der Waals surface area contributed by atoms with Gasteiger partial charge in [-0.05, 0) is 43.0 Å². The van der Waals surface area contributed by atoms with E-state index in [0.29, 0.717) is 29.6 Å². The van der Waals surface area contributed by atoms with Crippen LogP contribution in [-0.4, -0.2) is 44.3 Å². The van der Waals surface area contributed by atoms with E-state index in [9.17, 15) is 4.79 Å². The van der Waals surface area contributed by atoms with Crippen molar-refractivity contribution < 1.29 is 9.53 Å². The van der Waals surface area contributed by atoms with Crippen molar-refractivity contribution in [1.29, 1.82) is 0 Å². The number of halogens is 2. The molecular formula is C17H25Cl2N3O2. The van der Waals surface area contributed by atoms with Crippen LogP contribution in [0.1, 0.15) is 19.3 Å². The first kappa shape index (κ1) is 19.5. The molecule has 1 aromatic carbocycles. The minimum absolute atomic E-state index is 0. The molecule has 1 amide bonds. The monoisotopic (exact) mass is 373 g/mol. The van der Waals surface area contributed by atoms with Crippen molar-refractivity contribution in [3.8, 4) is 0 Å². The van der Waals surface area contributed by atoms with Crippen LogP contribution >= 0.6 is 24.0 Å². The highest BCUT2D eigenvalue weighted by Gasteiger charge is 2.34. The van der Waals surface area contributed by atoms with Crippen LogP contribution in [-0.2, 0) is 9.53 Å². The van der Waals surface area contributed by atoms with Crippen molar-refractivity contribution in [2.45, 2.75) is 31.3 Å². The quantitative estimate of drug-likeness (QED) is 0.741. The lowest BCUT2D eigenvalue weighted by molar-refractivity contribution is -0.115. The van der Waals surface area contributed by atoms with E-state index in [4.69, 9.17) is 16.3 Å². The predicted octanol–water partition coefficient (Wildman–Crippen LogP) is 2.45. The van der Waals surface area contributed by atoms with E-state index in [1.807, 2.05) is 12.1 Å². The van der Waals surface area contributed by atoms with Crippen molar-refractivity contribution in [2.75, 3.05) is 31.6 Å². The Kier molecular flexibility index (Phi) is 7.78. The lowest BCUT2D eigenvalue weighted by atomic mass is 9.94. The van der Waals surface area contributed by atoms with Gasteiger partial charge in [-0.1, -0.05) is 18.0 Å². The molecule has 1 aromatic rings. The minimum atomic E-state index is -0.0224. The SMILES string of the molecule is Cl.O=C(CNC1CCCC1C1COCCN1)Nc1ccc(Cl)cc1. The molecule has 0 radical (unpaired) electrons. The van der Waals surface area contributed by atoms with Crippen molar-refractivity contribution in [2.24, 2.45) is 5.92 Å². The molecule has 0 aromatic heterocycles. The Morgan fingerprint density at radius 3 is 2.79 bits per heavy atom. The second-order valence-corrected chi connectivity index (χ2v) is 6.71. The third-order valence-corrected chi connectivity index (χ3v) is 4.94. The summed E-state index contributed by atoms with van der Waals surface area (Å²) in [5.74, 6) is 0.518. The maximum Gasteiger partial charge on any atom is 0.238 e. The number of morpholine rings is 1. The number of hydrogen-bond donors (Lipinski definition) is 3. The summed E-state index contributed by atoms with van der Waals surface area (Å²) in [7, 11) is 0. The van der Waals surface area contributed by atoms with Gasteiger partial charge in [-0.15, -0.1) is 12.4 Å². The molecule has 1 aliphatic carbocycles. The van der Waals surface area contributed by atoms with E-state index >= 15 is 0 Å². The molecule has 0 spiro atoms. The zero-order valence-electron chi connectivity index (χ0n) is 13.6. The molecule has 24 heavy (non-hydrogen) atoms. The first-order valence-corrected chi connectivity index (χ1v) is 8.70. The highest BCUT2D eigenvalue weighted by atomic mass is 35.5. The molecule has 5 nitrogen and oxygen atoms in total. The Bertz CT molecular complexity index is 521. The van der Waals surface area contributed by atoms with E-state index in [2.05, 4.69) is 16.0 Å². The van der Waals surface area contributed by atoms with Crippen LogP contribution in [0.15, 0.2) is 24.3 Å². The van der Waals surface area contributed by atoms with Crippen LogP contribution in [0.4, 0.5) is 5.69 Å². The van der Waals surface area contributed by atoms with E-state index in [1.165, 1.54) is 12.8 Å².